The van der Waals surface area contributed by atoms with Crippen LogP contribution >= 0.6 is 11.6 Å². The largest absolute Gasteiger partial charge is 0.469 e. The highest BCUT2D eigenvalue weighted by atomic mass is 35.5. The minimum Gasteiger partial charge on any atom is -0.469 e. The summed E-state index contributed by atoms with van der Waals surface area (Å²) in [6, 6.07) is 3.27. The molecule has 0 amide bonds. The van der Waals surface area contributed by atoms with Crippen molar-refractivity contribution in [2.24, 2.45) is 0 Å². The summed E-state index contributed by atoms with van der Waals surface area (Å²) >= 11 is 5.81. The molecule has 0 aliphatic rings. The van der Waals surface area contributed by atoms with Crippen LogP contribution in [-0.4, -0.2) is 13.1 Å². The van der Waals surface area contributed by atoms with Gasteiger partial charge >= 0.3 is 5.97 Å². The van der Waals surface area contributed by atoms with Crippen molar-refractivity contribution < 1.29 is 9.53 Å². The summed E-state index contributed by atoms with van der Waals surface area (Å²) < 4.78 is 4.51. The lowest BCUT2D eigenvalue weighted by Gasteiger charge is -2.07. The Bertz CT molecular complexity index is 366. The Labute approximate surface area is 86.8 Å². The number of methoxy groups -OCH3 is 1. The second kappa shape index (κ2) is 4.19. The average Bonchev–Trinajstić information content (AvgIpc) is 2.19. The number of hydrogen-bond acceptors (Lipinski definition) is 4. The topological polar surface area (TPSA) is 78.3 Å². The highest BCUT2D eigenvalue weighted by Crippen LogP contribution is 2.29. The maximum atomic E-state index is 11.0. The van der Waals surface area contributed by atoms with Crippen molar-refractivity contribution >= 4 is 28.9 Å². The number of carbonyl (C=O) groups is 1. The van der Waals surface area contributed by atoms with Gasteiger partial charge in [0.1, 0.15) is 0 Å². The van der Waals surface area contributed by atoms with E-state index in [4.69, 9.17) is 23.1 Å². The van der Waals surface area contributed by atoms with Crippen LogP contribution in [0.3, 0.4) is 0 Å². The van der Waals surface area contributed by atoms with Crippen molar-refractivity contribution in [3.8, 4) is 0 Å². The van der Waals surface area contributed by atoms with Gasteiger partial charge in [0, 0.05) is 0 Å². The van der Waals surface area contributed by atoms with Gasteiger partial charge in [-0.2, -0.15) is 0 Å². The molecule has 0 fully saturated rings. The fraction of sp³-hybridized carbons (Fsp3) is 0.222. The number of ether oxygens (including phenoxy) is 1. The van der Waals surface area contributed by atoms with Gasteiger partial charge in [-0.15, -0.1) is 0 Å². The molecule has 0 radical (unpaired) electrons. The van der Waals surface area contributed by atoms with Crippen molar-refractivity contribution in [3.05, 3.63) is 22.7 Å². The van der Waals surface area contributed by atoms with E-state index in [-0.39, 0.29) is 17.4 Å². The summed E-state index contributed by atoms with van der Waals surface area (Å²) in [7, 11) is 1.32. The predicted molar refractivity (Wildman–Crippen MR) is 56.0 cm³/mol. The number of hydrogen-bond donors (Lipinski definition) is 2. The van der Waals surface area contributed by atoms with Crippen molar-refractivity contribution in [2.45, 2.75) is 6.42 Å². The Morgan fingerprint density at radius 2 is 2.14 bits per heavy atom. The van der Waals surface area contributed by atoms with Crippen LogP contribution in [-0.2, 0) is 16.0 Å². The number of benzene rings is 1. The molecular formula is C9H11ClN2O2. The van der Waals surface area contributed by atoms with Gasteiger partial charge in [-0.05, 0) is 11.6 Å². The van der Waals surface area contributed by atoms with Crippen molar-refractivity contribution in [3.63, 3.8) is 0 Å². The molecule has 0 heterocycles. The maximum Gasteiger partial charge on any atom is 0.310 e. The predicted octanol–water partition coefficient (Wildman–Crippen LogP) is 1.22. The quantitative estimate of drug-likeness (QED) is 0.573. The van der Waals surface area contributed by atoms with E-state index in [0.29, 0.717) is 16.9 Å². The van der Waals surface area contributed by atoms with Gasteiger partial charge in [-0.1, -0.05) is 17.7 Å². The second-order valence-corrected chi connectivity index (χ2v) is 3.17. The summed E-state index contributed by atoms with van der Waals surface area (Å²) in [5.74, 6) is -0.363. The molecule has 0 spiro atoms. The molecule has 1 aromatic carbocycles. The third-order valence-electron chi connectivity index (χ3n) is 1.86. The van der Waals surface area contributed by atoms with Crippen LogP contribution in [0.15, 0.2) is 12.1 Å². The summed E-state index contributed by atoms with van der Waals surface area (Å²) in [6.07, 6.45) is 0.0995. The van der Waals surface area contributed by atoms with E-state index in [1.165, 1.54) is 7.11 Å². The summed E-state index contributed by atoms with van der Waals surface area (Å²) in [4.78, 5) is 11.0. The molecule has 4 nitrogen and oxygen atoms in total. The van der Waals surface area contributed by atoms with Gasteiger partial charge in [0.05, 0.1) is 29.9 Å². The molecule has 0 unspecified atom stereocenters. The average molecular weight is 215 g/mol. The Hall–Kier alpha value is -1.42. The number of anilines is 2. The smallest absolute Gasteiger partial charge is 0.310 e. The molecule has 1 rings (SSSR count). The first-order valence-corrected chi connectivity index (χ1v) is 4.33. The maximum absolute atomic E-state index is 11.0. The summed E-state index contributed by atoms with van der Waals surface area (Å²) in [6.45, 7) is 0. The van der Waals surface area contributed by atoms with Gasteiger partial charge < -0.3 is 16.2 Å². The molecule has 0 aliphatic carbocycles. The van der Waals surface area contributed by atoms with Crippen molar-refractivity contribution in [2.75, 3.05) is 18.6 Å². The molecule has 1 aromatic rings. The number of rotatable bonds is 2. The first kappa shape index (κ1) is 10.7. The van der Waals surface area contributed by atoms with E-state index in [2.05, 4.69) is 4.74 Å². The van der Waals surface area contributed by atoms with Crippen LogP contribution in [0.4, 0.5) is 11.4 Å². The Kier molecular flexibility index (Phi) is 3.19. The van der Waals surface area contributed by atoms with Crippen LogP contribution in [0.2, 0.25) is 5.02 Å². The third kappa shape index (κ3) is 2.09. The zero-order valence-corrected chi connectivity index (χ0v) is 8.47. The zero-order valence-electron chi connectivity index (χ0n) is 7.71. The Balaban J connectivity index is 3.00. The highest BCUT2D eigenvalue weighted by Gasteiger charge is 2.10. The standard InChI is InChI=1S/C9H11ClN2O2/c1-14-7(13)4-5-2-3-6(11)8(10)9(5)12/h2-3H,4,11-12H2,1H3. The Morgan fingerprint density at radius 1 is 1.50 bits per heavy atom. The van der Waals surface area contributed by atoms with Gasteiger partial charge in [-0.3, -0.25) is 4.79 Å². The normalized spacial score (nSPS) is 9.86. The fourth-order valence-electron chi connectivity index (χ4n) is 1.03. The molecule has 0 aliphatic heterocycles. The number of esters is 1. The van der Waals surface area contributed by atoms with E-state index in [1.807, 2.05) is 0 Å². The number of halogens is 1. The van der Waals surface area contributed by atoms with E-state index in [0.717, 1.165) is 0 Å². The molecular weight excluding hydrogens is 204 g/mol. The van der Waals surface area contributed by atoms with Gasteiger partial charge in [0.25, 0.3) is 0 Å². The fourth-order valence-corrected chi connectivity index (χ4v) is 1.22. The lowest BCUT2D eigenvalue weighted by Crippen LogP contribution is -2.07. The zero-order chi connectivity index (χ0) is 10.7. The van der Waals surface area contributed by atoms with Gasteiger partial charge in [0.15, 0.2) is 0 Å². The van der Waals surface area contributed by atoms with E-state index < -0.39 is 0 Å². The van der Waals surface area contributed by atoms with Crippen LogP contribution in [0.1, 0.15) is 5.56 Å². The number of carbonyl (C=O) groups excluding carboxylic acids is 1. The van der Waals surface area contributed by atoms with Crippen LogP contribution < -0.4 is 11.5 Å². The molecule has 0 saturated heterocycles. The molecule has 14 heavy (non-hydrogen) atoms. The first-order valence-electron chi connectivity index (χ1n) is 3.95. The highest BCUT2D eigenvalue weighted by molar-refractivity contribution is 6.35. The molecule has 0 aromatic heterocycles. The molecule has 5 heteroatoms. The number of nitrogen functional groups attached to an aromatic ring is 2. The van der Waals surface area contributed by atoms with E-state index in [1.54, 1.807) is 12.1 Å². The lowest BCUT2D eigenvalue weighted by atomic mass is 10.1. The van der Waals surface area contributed by atoms with Crippen molar-refractivity contribution in [1.29, 1.82) is 0 Å². The number of nitrogens with two attached hydrogens (primary N) is 2. The summed E-state index contributed by atoms with van der Waals surface area (Å²) in [5.41, 5.74) is 12.5. The molecule has 0 atom stereocenters. The van der Waals surface area contributed by atoms with Gasteiger partial charge in [-0.25, -0.2) is 0 Å². The second-order valence-electron chi connectivity index (χ2n) is 2.79. The monoisotopic (exact) mass is 214 g/mol. The molecule has 0 bridgehead atoms. The lowest BCUT2D eigenvalue weighted by molar-refractivity contribution is -0.139. The SMILES string of the molecule is COC(=O)Cc1ccc(N)c(Cl)c1N. The first-order chi connectivity index (χ1) is 6.56. The Morgan fingerprint density at radius 3 is 2.71 bits per heavy atom. The summed E-state index contributed by atoms with van der Waals surface area (Å²) in [5, 5.41) is 0.284. The molecule has 0 saturated carbocycles. The van der Waals surface area contributed by atoms with Gasteiger partial charge in [0.2, 0.25) is 0 Å². The third-order valence-corrected chi connectivity index (χ3v) is 2.28. The van der Waals surface area contributed by atoms with E-state index >= 15 is 0 Å². The minimum absolute atomic E-state index is 0.0995. The van der Waals surface area contributed by atoms with E-state index in [9.17, 15) is 4.79 Å². The van der Waals surface area contributed by atoms with Crippen molar-refractivity contribution in [1.82, 2.24) is 0 Å². The van der Waals surface area contributed by atoms with Crippen LogP contribution in [0, 0.1) is 0 Å². The van der Waals surface area contributed by atoms with Crippen LogP contribution in [0.25, 0.3) is 0 Å². The minimum atomic E-state index is -0.363. The van der Waals surface area contributed by atoms with Crippen LogP contribution in [0.5, 0.6) is 0 Å². The molecule has 76 valence electrons. The molecule has 4 N–H and O–H groups in total.